The number of hydrogen-bond donors (Lipinski definition) is 1. The standard InChI is InChI=1S/C31H35ClN6O5/c1-36-19-33-16-26(36)29(35-27(39)18-41-2)25-14-20-4-3-8-34-28(20)30(23-6-5-21(32)15-24(23)25)37-9-11-38(12-10-37)31(40)43-22-7-13-42-17-22/h3-6,8,14-16,19,22,29-30H,7,9-13,17-18H2,1-2H3,(H,35,39)/t22-,29?,30?/m0/s1. The summed E-state index contributed by atoms with van der Waals surface area (Å²) in [7, 11) is 3.39. The van der Waals surface area contributed by atoms with Gasteiger partial charge >= 0.3 is 6.09 Å². The van der Waals surface area contributed by atoms with Crippen molar-refractivity contribution < 1.29 is 23.8 Å². The van der Waals surface area contributed by atoms with Gasteiger partial charge in [-0.25, -0.2) is 9.78 Å². The monoisotopic (exact) mass is 606 g/mol. The minimum atomic E-state index is -0.537. The third-order valence-corrected chi connectivity index (χ3v) is 8.43. The second-order valence-electron chi connectivity index (χ2n) is 11.0. The van der Waals surface area contributed by atoms with E-state index >= 15 is 0 Å². The number of amides is 2. The van der Waals surface area contributed by atoms with E-state index in [0.29, 0.717) is 44.4 Å². The molecule has 12 heteroatoms. The number of methoxy groups -OCH3 is 1. The number of benzene rings is 1. The maximum absolute atomic E-state index is 12.9. The molecule has 43 heavy (non-hydrogen) atoms. The Morgan fingerprint density at radius 2 is 2.05 bits per heavy atom. The number of rotatable bonds is 7. The Balaban J connectivity index is 1.37. The van der Waals surface area contributed by atoms with E-state index in [4.69, 9.17) is 30.8 Å². The molecule has 2 unspecified atom stereocenters. The minimum Gasteiger partial charge on any atom is -0.444 e. The van der Waals surface area contributed by atoms with Crippen molar-refractivity contribution in [3.63, 3.8) is 0 Å². The number of fused-ring (bicyclic) bond motifs is 2. The van der Waals surface area contributed by atoms with Crippen LogP contribution in [-0.4, -0.2) is 95.5 Å². The summed E-state index contributed by atoms with van der Waals surface area (Å²) in [5.41, 5.74) is 5.43. The summed E-state index contributed by atoms with van der Waals surface area (Å²) in [4.78, 5) is 39.1. The number of imidazole rings is 1. The maximum Gasteiger partial charge on any atom is 0.410 e. The zero-order valence-corrected chi connectivity index (χ0v) is 25.0. The molecule has 0 spiro atoms. The zero-order chi connectivity index (χ0) is 29.9. The Morgan fingerprint density at radius 1 is 1.21 bits per heavy atom. The van der Waals surface area contributed by atoms with Crippen molar-refractivity contribution in [3.05, 3.63) is 82.2 Å². The van der Waals surface area contributed by atoms with E-state index in [2.05, 4.69) is 21.3 Å². The highest BCUT2D eigenvalue weighted by Crippen LogP contribution is 2.44. The summed E-state index contributed by atoms with van der Waals surface area (Å²) in [5.74, 6) is -0.252. The van der Waals surface area contributed by atoms with E-state index < -0.39 is 6.04 Å². The molecule has 0 radical (unpaired) electrons. The average molecular weight is 607 g/mol. The van der Waals surface area contributed by atoms with Gasteiger partial charge < -0.3 is 29.0 Å². The molecule has 2 fully saturated rings. The SMILES string of the molecule is COCC(=O)NC(C1=Cc2cccnc2C(N2CCN(C(=O)O[C@H]3CCOC3)CC2)c2ccc(Cl)cc21)c1cncn1C. The Labute approximate surface area is 255 Å². The number of carbonyl (C=O) groups is 2. The molecule has 1 aliphatic carbocycles. The number of nitrogens with zero attached hydrogens (tertiary/aromatic N) is 5. The van der Waals surface area contributed by atoms with Crippen molar-refractivity contribution in [3.8, 4) is 0 Å². The highest BCUT2D eigenvalue weighted by atomic mass is 35.5. The van der Waals surface area contributed by atoms with Crippen molar-refractivity contribution in [2.24, 2.45) is 7.05 Å². The van der Waals surface area contributed by atoms with Crippen LogP contribution >= 0.6 is 11.6 Å². The summed E-state index contributed by atoms with van der Waals surface area (Å²) in [6, 6.07) is 9.08. The van der Waals surface area contributed by atoms with Gasteiger partial charge in [0.05, 0.1) is 49.2 Å². The smallest absolute Gasteiger partial charge is 0.410 e. The maximum atomic E-state index is 12.9. The molecule has 3 atom stereocenters. The Hall–Kier alpha value is -3.77. The number of aryl methyl sites for hydroxylation is 1. The molecule has 3 aromatic rings. The fourth-order valence-electron chi connectivity index (χ4n) is 6.07. The quantitative estimate of drug-likeness (QED) is 0.435. The molecule has 4 heterocycles. The van der Waals surface area contributed by atoms with E-state index in [-0.39, 0.29) is 30.8 Å². The first-order valence-corrected chi connectivity index (χ1v) is 14.8. The third-order valence-electron chi connectivity index (χ3n) is 8.20. The molecule has 2 aromatic heterocycles. The minimum absolute atomic E-state index is 0.0781. The van der Waals surface area contributed by atoms with Gasteiger partial charge in [-0.15, -0.1) is 0 Å². The predicted molar refractivity (Wildman–Crippen MR) is 160 cm³/mol. The fourth-order valence-corrected chi connectivity index (χ4v) is 6.25. The highest BCUT2D eigenvalue weighted by Gasteiger charge is 2.36. The van der Waals surface area contributed by atoms with Crippen LogP contribution in [0.15, 0.2) is 49.1 Å². The van der Waals surface area contributed by atoms with E-state index in [1.165, 1.54) is 7.11 Å². The molecular weight excluding hydrogens is 572 g/mol. The van der Waals surface area contributed by atoms with Crippen LogP contribution in [0.1, 0.15) is 46.6 Å². The van der Waals surface area contributed by atoms with Crippen LogP contribution in [0.5, 0.6) is 0 Å². The molecule has 6 rings (SSSR count). The van der Waals surface area contributed by atoms with E-state index in [1.54, 1.807) is 23.6 Å². The number of piperazine rings is 1. The first kappa shape index (κ1) is 29.3. The number of hydrogen-bond acceptors (Lipinski definition) is 8. The van der Waals surface area contributed by atoms with Crippen molar-refractivity contribution in [1.82, 2.24) is 29.7 Å². The van der Waals surface area contributed by atoms with E-state index in [0.717, 1.165) is 40.1 Å². The molecule has 1 N–H and O–H groups in total. The summed E-state index contributed by atoms with van der Waals surface area (Å²) < 4.78 is 18.1. The van der Waals surface area contributed by atoms with Crippen LogP contribution in [0.3, 0.4) is 0 Å². The number of ether oxygens (including phenoxy) is 3. The number of pyridine rings is 1. The normalized spacial score (nSPS) is 20.9. The summed E-state index contributed by atoms with van der Waals surface area (Å²) >= 11 is 6.63. The van der Waals surface area contributed by atoms with Gasteiger partial charge in [0.25, 0.3) is 0 Å². The van der Waals surface area contributed by atoms with Crippen molar-refractivity contribution >= 4 is 35.3 Å². The van der Waals surface area contributed by atoms with Crippen molar-refractivity contribution in [1.29, 1.82) is 0 Å². The highest BCUT2D eigenvalue weighted by molar-refractivity contribution is 6.30. The third kappa shape index (κ3) is 6.16. The lowest BCUT2D eigenvalue weighted by atomic mass is 9.89. The molecular formula is C31H35ClN6O5. The number of carbonyl (C=O) groups excluding carboxylic acids is 2. The number of halogens is 1. The summed E-state index contributed by atoms with van der Waals surface area (Å²) in [6.45, 7) is 3.31. The van der Waals surface area contributed by atoms with Crippen molar-refractivity contribution in [2.45, 2.75) is 24.6 Å². The Bertz CT molecular complexity index is 1510. The molecule has 2 aliphatic heterocycles. The summed E-state index contributed by atoms with van der Waals surface area (Å²) in [5, 5.41) is 3.74. The molecule has 1 aromatic carbocycles. The van der Waals surface area contributed by atoms with Gasteiger partial charge in [0.2, 0.25) is 5.91 Å². The van der Waals surface area contributed by atoms with Gasteiger partial charge in [-0.05, 0) is 46.5 Å². The lowest BCUT2D eigenvalue weighted by molar-refractivity contribution is -0.125. The average Bonchev–Trinajstić information content (AvgIpc) is 3.65. The number of aromatic nitrogens is 3. The van der Waals surface area contributed by atoms with Crippen LogP contribution in [0, 0.1) is 0 Å². The molecule has 0 saturated carbocycles. The molecule has 2 saturated heterocycles. The van der Waals surface area contributed by atoms with E-state index in [9.17, 15) is 9.59 Å². The van der Waals surface area contributed by atoms with Gasteiger partial charge in [-0.3, -0.25) is 14.7 Å². The Kier molecular flexibility index (Phi) is 8.75. The molecule has 11 nitrogen and oxygen atoms in total. The fraction of sp³-hybridized carbons (Fsp3) is 0.419. The van der Waals surface area contributed by atoms with Crippen LogP contribution in [0.25, 0.3) is 11.6 Å². The largest absolute Gasteiger partial charge is 0.444 e. The van der Waals surface area contributed by atoms with Crippen LogP contribution < -0.4 is 5.32 Å². The lowest BCUT2D eigenvalue weighted by Crippen LogP contribution is -2.50. The van der Waals surface area contributed by atoms with Crippen LogP contribution in [-0.2, 0) is 26.1 Å². The van der Waals surface area contributed by atoms with Gasteiger partial charge in [-0.1, -0.05) is 23.7 Å². The first-order chi connectivity index (χ1) is 20.9. The predicted octanol–water partition coefficient (Wildman–Crippen LogP) is 3.46. The Morgan fingerprint density at radius 3 is 2.77 bits per heavy atom. The molecule has 0 bridgehead atoms. The molecule has 2 amide bonds. The van der Waals surface area contributed by atoms with Gasteiger partial charge in [-0.2, -0.15) is 0 Å². The van der Waals surface area contributed by atoms with E-state index in [1.807, 2.05) is 41.9 Å². The second-order valence-corrected chi connectivity index (χ2v) is 11.4. The lowest BCUT2D eigenvalue weighted by Gasteiger charge is -2.39. The summed E-state index contributed by atoms with van der Waals surface area (Å²) in [6.07, 6.45) is 7.61. The first-order valence-electron chi connectivity index (χ1n) is 14.4. The number of nitrogens with one attached hydrogen (secondary N) is 1. The van der Waals surface area contributed by atoms with Crippen LogP contribution in [0.4, 0.5) is 4.79 Å². The van der Waals surface area contributed by atoms with Crippen LogP contribution in [0.2, 0.25) is 5.02 Å². The van der Waals surface area contributed by atoms with Gasteiger partial charge in [0.1, 0.15) is 12.7 Å². The zero-order valence-electron chi connectivity index (χ0n) is 24.2. The molecule has 3 aliphatic rings. The van der Waals surface area contributed by atoms with Gasteiger partial charge in [0.15, 0.2) is 0 Å². The molecule has 226 valence electrons. The van der Waals surface area contributed by atoms with Gasteiger partial charge in [0, 0.05) is 58.0 Å². The second kappa shape index (κ2) is 12.8. The topological polar surface area (TPSA) is 111 Å². The van der Waals surface area contributed by atoms with Crippen molar-refractivity contribution in [2.75, 3.05) is 53.1 Å².